The topological polar surface area (TPSA) is 50.9 Å². The highest BCUT2D eigenvalue weighted by atomic mass is 19.1. The van der Waals surface area contributed by atoms with Crippen molar-refractivity contribution < 1.29 is 4.39 Å². The molecule has 1 heterocycles. The molecule has 0 aliphatic carbocycles. The predicted octanol–water partition coefficient (Wildman–Crippen LogP) is 2.42. The summed E-state index contributed by atoms with van der Waals surface area (Å²) >= 11 is 0. The highest BCUT2D eigenvalue weighted by Gasteiger charge is 2.01. The lowest BCUT2D eigenvalue weighted by Gasteiger charge is -2.06. The molecule has 0 amide bonds. The maximum Gasteiger partial charge on any atom is 0.165 e. The first-order chi connectivity index (χ1) is 7.75. The number of hydrogen-bond donors (Lipinski definition) is 2. The summed E-state index contributed by atoms with van der Waals surface area (Å²) in [5, 5.41) is 2.91. The quantitative estimate of drug-likeness (QED) is 0.776. The van der Waals surface area contributed by atoms with Crippen LogP contribution in [0, 0.1) is 5.82 Å². The van der Waals surface area contributed by atoms with Gasteiger partial charge in [-0.1, -0.05) is 12.1 Å². The molecule has 0 saturated carbocycles. The number of anilines is 2. The van der Waals surface area contributed by atoms with Crippen molar-refractivity contribution in [1.29, 1.82) is 0 Å². The van der Waals surface area contributed by atoms with E-state index >= 15 is 0 Å². The van der Waals surface area contributed by atoms with E-state index in [-0.39, 0.29) is 11.6 Å². The molecule has 0 bridgehead atoms. The van der Waals surface area contributed by atoms with E-state index in [1.807, 2.05) is 24.3 Å². The number of nitrogen functional groups attached to an aromatic ring is 1. The Morgan fingerprint density at radius 2 is 2.12 bits per heavy atom. The molecule has 2 aromatic rings. The van der Waals surface area contributed by atoms with Gasteiger partial charge in [-0.15, -0.1) is 0 Å². The van der Waals surface area contributed by atoms with Gasteiger partial charge >= 0.3 is 0 Å². The fourth-order valence-corrected chi connectivity index (χ4v) is 1.40. The van der Waals surface area contributed by atoms with Crippen molar-refractivity contribution in [2.45, 2.75) is 6.54 Å². The van der Waals surface area contributed by atoms with Gasteiger partial charge in [0.25, 0.3) is 0 Å². The van der Waals surface area contributed by atoms with Gasteiger partial charge in [-0.3, -0.25) is 0 Å². The Morgan fingerprint density at radius 3 is 2.88 bits per heavy atom. The Bertz CT molecular complexity index is 485. The monoisotopic (exact) mass is 217 g/mol. The third-order valence-corrected chi connectivity index (χ3v) is 2.17. The Hall–Kier alpha value is -2.10. The summed E-state index contributed by atoms with van der Waals surface area (Å²) < 4.78 is 13.2. The van der Waals surface area contributed by atoms with Gasteiger partial charge in [0.15, 0.2) is 11.6 Å². The standard InChI is InChI=1S/C12H12FN3/c13-11-5-2-6-15-12(11)16-8-9-3-1-4-10(14)7-9/h1-7H,8,14H2,(H,15,16). The van der Waals surface area contributed by atoms with Gasteiger partial charge in [0.05, 0.1) is 0 Å². The van der Waals surface area contributed by atoms with Crippen LogP contribution in [0.5, 0.6) is 0 Å². The molecule has 0 spiro atoms. The SMILES string of the molecule is Nc1cccc(CNc2ncccc2F)c1. The lowest BCUT2D eigenvalue weighted by Crippen LogP contribution is -2.03. The number of nitrogens with two attached hydrogens (primary N) is 1. The molecule has 0 atom stereocenters. The summed E-state index contributed by atoms with van der Waals surface area (Å²) in [5.74, 6) is -0.101. The second-order valence-corrected chi connectivity index (χ2v) is 3.43. The minimum atomic E-state index is -0.355. The molecule has 0 aliphatic heterocycles. The molecule has 0 radical (unpaired) electrons. The van der Waals surface area contributed by atoms with Crippen LogP contribution in [0.3, 0.4) is 0 Å². The molecule has 2 rings (SSSR count). The van der Waals surface area contributed by atoms with Crippen LogP contribution >= 0.6 is 0 Å². The molecular weight excluding hydrogens is 205 g/mol. The van der Waals surface area contributed by atoms with Gasteiger partial charge < -0.3 is 11.1 Å². The van der Waals surface area contributed by atoms with E-state index in [2.05, 4.69) is 10.3 Å². The van der Waals surface area contributed by atoms with Gasteiger partial charge in [0, 0.05) is 18.4 Å². The second kappa shape index (κ2) is 4.61. The van der Waals surface area contributed by atoms with E-state index in [4.69, 9.17) is 5.73 Å². The summed E-state index contributed by atoms with van der Waals surface area (Å²) in [5.41, 5.74) is 7.33. The number of rotatable bonds is 3. The van der Waals surface area contributed by atoms with Crippen molar-refractivity contribution in [3.63, 3.8) is 0 Å². The van der Waals surface area contributed by atoms with Crippen LogP contribution in [0.4, 0.5) is 15.9 Å². The van der Waals surface area contributed by atoms with E-state index in [1.54, 1.807) is 12.3 Å². The molecule has 1 aromatic heterocycles. The molecule has 4 heteroatoms. The van der Waals surface area contributed by atoms with Crippen molar-refractivity contribution in [2.75, 3.05) is 11.1 Å². The fourth-order valence-electron chi connectivity index (χ4n) is 1.40. The minimum Gasteiger partial charge on any atom is -0.399 e. The average Bonchev–Trinajstić information content (AvgIpc) is 2.28. The van der Waals surface area contributed by atoms with E-state index in [0.717, 1.165) is 5.56 Å². The number of halogens is 1. The Balaban J connectivity index is 2.05. The molecule has 0 saturated heterocycles. The van der Waals surface area contributed by atoms with Crippen molar-refractivity contribution in [1.82, 2.24) is 4.98 Å². The Morgan fingerprint density at radius 1 is 1.25 bits per heavy atom. The highest BCUT2D eigenvalue weighted by molar-refractivity contribution is 5.43. The normalized spacial score (nSPS) is 10.1. The number of nitrogens with zero attached hydrogens (tertiary/aromatic N) is 1. The number of aromatic nitrogens is 1. The Labute approximate surface area is 93.1 Å². The minimum absolute atomic E-state index is 0.255. The molecule has 16 heavy (non-hydrogen) atoms. The van der Waals surface area contributed by atoms with Gasteiger partial charge in [-0.05, 0) is 29.8 Å². The van der Waals surface area contributed by atoms with Crippen LogP contribution in [0.25, 0.3) is 0 Å². The van der Waals surface area contributed by atoms with Gasteiger partial charge in [0.1, 0.15) is 0 Å². The average molecular weight is 217 g/mol. The van der Waals surface area contributed by atoms with Crippen LogP contribution in [0.15, 0.2) is 42.6 Å². The molecule has 1 aromatic carbocycles. The van der Waals surface area contributed by atoms with Crippen molar-refractivity contribution in [2.24, 2.45) is 0 Å². The number of pyridine rings is 1. The zero-order chi connectivity index (χ0) is 11.4. The molecule has 3 nitrogen and oxygen atoms in total. The van der Waals surface area contributed by atoms with Crippen LogP contribution in [-0.2, 0) is 6.54 Å². The third-order valence-electron chi connectivity index (χ3n) is 2.17. The van der Waals surface area contributed by atoms with Crippen LogP contribution in [0.2, 0.25) is 0 Å². The van der Waals surface area contributed by atoms with E-state index in [1.165, 1.54) is 6.07 Å². The fraction of sp³-hybridized carbons (Fsp3) is 0.0833. The lowest BCUT2D eigenvalue weighted by atomic mass is 10.2. The number of hydrogen-bond acceptors (Lipinski definition) is 3. The zero-order valence-electron chi connectivity index (χ0n) is 8.65. The first-order valence-corrected chi connectivity index (χ1v) is 4.94. The molecule has 3 N–H and O–H groups in total. The molecule has 82 valence electrons. The number of nitrogens with one attached hydrogen (secondary N) is 1. The maximum absolute atomic E-state index is 13.2. The molecular formula is C12H12FN3. The van der Waals surface area contributed by atoms with E-state index < -0.39 is 0 Å². The third kappa shape index (κ3) is 2.48. The van der Waals surface area contributed by atoms with Gasteiger partial charge in [-0.25, -0.2) is 9.37 Å². The van der Waals surface area contributed by atoms with E-state index in [0.29, 0.717) is 12.2 Å². The zero-order valence-corrected chi connectivity index (χ0v) is 8.65. The summed E-state index contributed by atoms with van der Waals surface area (Å²) in [7, 11) is 0. The van der Waals surface area contributed by atoms with Gasteiger partial charge in [0.2, 0.25) is 0 Å². The first kappa shape index (κ1) is 10.4. The predicted molar refractivity (Wildman–Crippen MR) is 62.4 cm³/mol. The smallest absolute Gasteiger partial charge is 0.165 e. The summed E-state index contributed by atoms with van der Waals surface area (Å²) in [6, 6.07) is 10.4. The second-order valence-electron chi connectivity index (χ2n) is 3.43. The van der Waals surface area contributed by atoms with Crippen LogP contribution in [-0.4, -0.2) is 4.98 Å². The van der Waals surface area contributed by atoms with Crippen LogP contribution in [0.1, 0.15) is 5.56 Å². The largest absolute Gasteiger partial charge is 0.399 e. The molecule has 0 unspecified atom stereocenters. The summed E-state index contributed by atoms with van der Waals surface area (Å²) in [6.45, 7) is 0.499. The summed E-state index contributed by atoms with van der Waals surface area (Å²) in [6.07, 6.45) is 1.55. The molecule has 0 fully saturated rings. The van der Waals surface area contributed by atoms with Crippen molar-refractivity contribution >= 4 is 11.5 Å². The Kier molecular flexibility index (Phi) is 3.00. The van der Waals surface area contributed by atoms with Crippen molar-refractivity contribution in [3.8, 4) is 0 Å². The number of benzene rings is 1. The van der Waals surface area contributed by atoms with E-state index in [9.17, 15) is 4.39 Å². The van der Waals surface area contributed by atoms with Crippen LogP contribution < -0.4 is 11.1 Å². The van der Waals surface area contributed by atoms with Crippen molar-refractivity contribution in [3.05, 3.63) is 54.0 Å². The maximum atomic E-state index is 13.2. The van der Waals surface area contributed by atoms with Gasteiger partial charge in [-0.2, -0.15) is 0 Å². The first-order valence-electron chi connectivity index (χ1n) is 4.94. The lowest BCUT2D eigenvalue weighted by molar-refractivity contribution is 0.624. The molecule has 0 aliphatic rings. The highest BCUT2D eigenvalue weighted by Crippen LogP contribution is 2.12. The summed E-state index contributed by atoms with van der Waals surface area (Å²) in [4.78, 5) is 3.90.